The first kappa shape index (κ1) is 13.7. The Labute approximate surface area is 114 Å². The molecule has 0 saturated carbocycles. The first-order valence-corrected chi connectivity index (χ1v) is 6.56. The van der Waals surface area contributed by atoms with Gasteiger partial charge < -0.3 is 5.73 Å². The third-order valence-electron chi connectivity index (χ3n) is 3.72. The molecule has 0 fully saturated rings. The average molecular weight is 255 g/mol. The smallest absolute Gasteiger partial charge is 0.126 e. The molecule has 2 aromatic rings. The van der Waals surface area contributed by atoms with Crippen molar-refractivity contribution in [1.82, 2.24) is 9.97 Å². The van der Waals surface area contributed by atoms with Gasteiger partial charge in [0.1, 0.15) is 5.82 Å². The Morgan fingerprint density at radius 2 is 1.47 bits per heavy atom. The highest BCUT2D eigenvalue weighted by Gasteiger charge is 2.13. The number of nitrogens with two attached hydrogens (primary N) is 1. The van der Waals surface area contributed by atoms with E-state index in [1.807, 2.05) is 13.0 Å². The summed E-state index contributed by atoms with van der Waals surface area (Å²) >= 11 is 0. The van der Waals surface area contributed by atoms with Gasteiger partial charge >= 0.3 is 0 Å². The summed E-state index contributed by atoms with van der Waals surface area (Å²) in [6, 6.07) is 4.23. The third kappa shape index (κ3) is 2.51. The van der Waals surface area contributed by atoms with Crippen LogP contribution in [0.3, 0.4) is 0 Å². The number of nitrogens with zero attached hydrogens (tertiary/aromatic N) is 2. The molecule has 0 saturated heterocycles. The number of aromatic nitrogens is 2. The van der Waals surface area contributed by atoms with Gasteiger partial charge in [0.05, 0.1) is 11.4 Å². The second-order valence-electron chi connectivity index (χ2n) is 5.13. The van der Waals surface area contributed by atoms with Gasteiger partial charge in [-0.1, -0.05) is 6.07 Å². The van der Waals surface area contributed by atoms with E-state index in [1.54, 1.807) is 0 Å². The van der Waals surface area contributed by atoms with Crippen LogP contribution in [-0.2, 0) is 6.54 Å². The molecule has 3 nitrogen and oxygen atoms in total. The van der Waals surface area contributed by atoms with E-state index in [0.29, 0.717) is 6.54 Å². The summed E-state index contributed by atoms with van der Waals surface area (Å²) in [4.78, 5) is 8.94. The molecule has 0 radical (unpaired) electrons. The van der Waals surface area contributed by atoms with Gasteiger partial charge in [-0.05, 0) is 62.9 Å². The van der Waals surface area contributed by atoms with Gasteiger partial charge in [0.25, 0.3) is 0 Å². The van der Waals surface area contributed by atoms with Crippen molar-refractivity contribution < 1.29 is 0 Å². The Morgan fingerprint density at radius 3 is 2.00 bits per heavy atom. The zero-order chi connectivity index (χ0) is 14.2. The lowest BCUT2D eigenvalue weighted by Crippen LogP contribution is -2.05. The Kier molecular flexibility index (Phi) is 3.67. The van der Waals surface area contributed by atoms with Crippen LogP contribution in [0.5, 0.6) is 0 Å². The van der Waals surface area contributed by atoms with E-state index in [0.717, 1.165) is 17.2 Å². The van der Waals surface area contributed by atoms with Gasteiger partial charge in [0, 0.05) is 12.1 Å². The summed E-state index contributed by atoms with van der Waals surface area (Å²) < 4.78 is 0. The first-order valence-electron chi connectivity index (χ1n) is 6.56. The largest absolute Gasteiger partial charge is 0.325 e. The molecule has 19 heavy (non-hydrogen) atoms. The van der Waals surface area contributed by atoms with Crippen molar-refractivity contribution >= 4 is 0 Å². The molecular formula is C16H21N3. The third-order valence-corrected chi connectivity index (χ3v) is 3.72. The van der Waals surface area contributed by atoms with E-state index in [-0.39, 0.29) is 0 Å². The van der Waals surface area contributed by atoms with Crippen molar-refractivity contribution in [3.63, 3.8) is 0 Å². The highest BCUT2D eigenvalue weighted by atomic mass is 14.9. The van der Waals surface area contributed by atoms with Gasteiger partial charge in [-0.3, -0.25) is 0 Å². The van der Waals surface area contributed by atoms with E-state index >= 15 is 0 Å². The molecule has 1 heterocycles. The topological polar surface area (TPSA) is 51.8 Å². The fourth-order valence-electron chi connectivity index (χ4n) is 2.46. The lowest BCUT2D eigenvalue weighted by atomic mass is 9.92. The van der Waals surface area contributed by atoms with E-state index in [1.165, 1.54) is 27.8 Å². The van der Waals surface area contributed by atoms with Crippen molar-refractivity contribution in [2.24, 2.45) is 5.73 Å². The van der Waals surface area contributed by atoms with Crippen LogP contribution in [0.1, 0.15) is 33.8 Å². The van der Waals surface area contributed by atoms with Gasteiger partial charge in [-0.15, -0.1) is 0 Å². The zero-order valence-corrected chi connectivity index (χ0v) is 12.3. The van der Waals surface area contributed by atoms with Gasteiger partial charge in [0.2, 0.25) is 0 Å². The lowest BCUT2D eigenvalue weighted by molar-refractivity contribution is 0.928. The zero-order valence-electron chi connectivity index (χ0n) is 12.3. The molecule has 0 aliphatic heterocycles. The van der Waals surface area contributed by atoms with Crippen molar-refractivity contribution in [1.29, 1.82) is 0 Å². The molecule has 100 valence electrons. The molecule has 0 atom stereocenters. The number of rotatable bonds is 2. The normalized spacial score (nSPS) is 10.8. The Balaban J connectivity index is 2.75. The second kappa shape index (κ2) is 5.10. The fourth-order valence-corrected chi connectivity index (χ4v) is 2.46. The van der Waals surface area contributed by atoms with E-state index < -0.39 is 0 Å². The Bertz CT molecular complexity index is 604. The molecule has 0 amide bonds. The van der Waals surface area contributed by atoms with Crippen molar-refractivity contribution in [3.05, 3.63) is 45.9 Å². The van der Waals surface area contributed by atoms with Crippen LogP contribution in [0.15, 0.2) is 12.1 Å². The summed E-state index contributed by atoms with van der Waals surface area (Å²) in [6.07, 6.45) is 0. The highest BCUT2D eigenvalue weighted by Crippen LogP contribution is 2.30. The van der Waals surface area contributed by atoms with Crippen LogP contribution >= 0.6 is 0 Å². The predicted molar refractivity (Wildman–Crippen MR) is 79.0 cm³/mol. The van der Waals surface area contributed by atoms with E-state index in [4.69, 9.17) is 5.73 Å². The van der Waals surface area contributed by atoms with Gasteiger partial charge in [0.15, 0.2) is 0 Å². The van der Waals surface area contributed by atoms with Crippen LogP contribution in [-0.4, -0.2) is 9.97 Å². The summed E-state index contributed by atoms with van der Waals surface area (Å²) in [5, 5.41) is 0. The standard InChI is InChI=1S/C16H21N3/c1-9-6-10(2)12(4)16(11(9)3)15-7-14(8-17)18-13(5)19-15/h6-7H,8,17H2,1-5H3. The minimum atomic E-state index is 0.444. The monoisotopic (exact) mass is 255 g/mol. The second-order valence-corrected chi connectivity index (χ2v) is 5.13. The predicted octanol–water partition coefficient (Wildman–Crippen LogP) is 3.14. The lowest BCUT2D eigenvalue weighted by Gasteiger charge is -2.15. The van der Waals surface area contributed by atoms with Crippen molar-refractivity contribution in [3.8, 4) is 11.3 Å². The Hall–Kier alpha value is -1.74. The summed E-state index contributed by atoms with van der Waals surface area (Å²) in [6.45, 7) is 10.9. The SMILES string of the molecule is Cc1nc(CN)cc(-c2c(C)c(C)cc(C)c2C)n1. The maximum absolute atomic E-state index is 5.71. The van der Waals surface area contributed by atoms with E-state index in [9.17, 15) is 0 Å². The molecule has 2 N–H and O–H groups in total. The molecular weight excluding hydrogens is 234 g/mol. The molecule has 2 rings (SSSR count). The van der Waals surface area contributed by atoms with Crippen LogP contribution in [0.25, 0.3) is 11.3 Å². The maximum atomic E-state index is 5.71. The minimum Gasteiger partial charge on any atom is -0.325 e. The van der Waals surface area contributed by atoms with Crippen molar-refractivity contribution in [2.75, 3.05) is 0 Å². The van der Waals surface area contributed by atoms with Crippen LogP contribution in [0, 0.1) is 34.6 Å². The van der Waals surface area contributed by atoms with Gasteiger partial charge in [-0.25, -0.2) is 9.97 Å². The quantitative estimate of drug-likeness (QED) is 0.897. The summed E-state index contributed by atoms with van der Waals surface area (Å²) in [7, 11) is 0. The summed E-state index contributed by atoms with van der Waals surface area (Å²) in [5.74, 6) is 0.774. The van der Waals surface area contributed by atoms with E-state index in [2.05, 4.69) is 43.7 Å². The number of hydrogen-bond acceptors (Lipinski definition) is 3. The number of aryl methyl sites for hydroxylation is 3. The van der Waals surface area contributed by atoms with Crippen LogP contribution in [0.4, 0.5) is 0 Å². The molecule has 1 aromatic carbocycles. The van der Waals surface area contributed by atoms with Crippen LogP contribution < -0.4 is 5.73 Å². The molecule has 0 spiro atoms. The fraction of sp³-hybridized carbons (Fsp3) is 0.375. The molecule has 0 bridgehead atoms. The number of benzene rings is 1. The minimum absolute atomic E-state index is 0.444. The Morgan fingerprint density at radius 1 is 0.895 bits per heavy atom. The maximum Gasteiger partial charge on any atom is 0.126 e. The van der Waals surface area contributed by atoms with Crippen molar-refractivity contribution in [2.45, 2.75) is 41.2 Å². The molecule has 1 aromatic heterocycles. The highest BCUT2D eigenvalue weighted by molar-refractivity contribution is 5.70. The molecule has 0 aliphatic rings. The first-order chi connectivity index (χ1) is 8.93. The molecule has 3 heteroatoms. The van der Waals surface area contributed by atoms with Gasteiger partial charge in [-0.2, -0.15) is 0 Å². The number of hydrogen-bond donors (Lipinski definition) is 1. The summed E-state index contributed by atoms with van der Waals surface area (Å²) in [5.41, 5.74) is 14.0. The van der Waals surface area contributed by atoms with Crippen LogP contribution in [0.2, 0.25) is 0 Å². The molecule has 0 aliphatic carbocycles. The molecule has 0 unspecified atom stereocenters. The average Bonchev–Trinajstić information content (AvgIpc) is 2.36.